The van der Waals surface area contributed by atoms with Crippen LogP contribution >= 0.6 is 0 Å². The number of urea groups is 1. The number of amides is 3. The third-order valence-corrected chi connectivity index (χ3v) is 6.16. The number of aliphatic hydroxyl groups excluding tert-OH is 1. The van der Waals surface area contributed by atoms with Gasteiger partial charge in [0.1, 0.15) is 17.6 Å². The second-order valence-corrected chi connectivity index (χ2v) is 8.50. The maximum Gasteiger partial charge on any atom is 0.322 e. The number of carbonyl (C=O) groups is 2. The van der Waals surface area contributed by atoms with Gasteiger partial charge in [0.15, 0.2) is 0 Å². The number of rotatable bonds is 4. The molecule has 3 amide bonds. The lowest BCUT2D eigenvalue weighted by Gasteiger charge is -2.28. The molecule has 180 valence electrons. The van der Waals surface area contributed by atoms with Crippen LogP contribution in [0.2, 0.25) is 0 Å². The number of hydrogen-bond donors (Lipinski definition) is 2. The van der Waals surface area contributed by atoms with Crippen molar-refractivity contribution < 1.29 is 27.9 Å². The third kappa shape index (κ3) is 4.56. The Kier molecular flexibility index (Phi) is 6.47. The highest BCUT2D eigenvalue weighted by Crippen LogP contribution is 2.28. The molecule has 0 aliphatic carbocycles. The van der Waals surface area contributed by atoms with Gasteiger partial charge in [-0.3, -0.25) is 9.48 Å². The SMILES string of the molecule is CN1CC(C(O)CC(F)F)Cn2nc3c(c2C1=O)CN(C(=O)Nc1ccc(F)c(C#N)c1)CC3. The van der Waals surface area contributed by atoms with Crippen LogP contribution < -0.4 is 5.32 Å². The first-order valence-corrected chi connectivity index (χ1v) is 10.7. The molecular weight excluding hydrogens is 453 g/mol. The Morgan fingerprint density at radius 2 is 2.15 bits per heavy atom. The van der Waals surface area contributed by atoms with Crippen molar-refractivity contribution in [2.75, 3.05) is 25.5 Å². The molecule has 4 rings (SSSR count). The van der Waals surface area contributed by atoms with Gasteiger partial charge in [-0.05, 0) is 18.2 Å². The van der Waals surface area contributed by atoms with Crippen LogP contribution in [0, 0.1) is 23.1 Å². The van der Waals surface area contributed by atoms with E-state index in [1.165, 1.54) is 33.7 Å². The number of halogens is 3. The maximum atomic E-state index is 13.5. The normalized spacial score (nSPS) is 18.7. The van der Waals surface area contributed by atoms with Crippen molar-refractivity contribution in [3.05, 3.63) is 46.5 Å². The number of hydrogen-bond acceptors (Lipinski definition) is 5. The molecule has 3 heterocycles. The number of alkyl halides is 2. The summed E-state index contributed by atoms with van der Waals surface area (Å²) in [6.07, 6.45) is -4.27. The highest BCUT2D eigenvalue weighted by molar-refractivity contribution is 5.95. The molecule has 0 bridgehead atoms. The molecule has 2 unspecified atom stereocenters. The number of carbonyl (C=O) groups excluding carboxylic acids is 2. The molecule has 0 saturated carbocycles. The molecule has 0 radical (unpaired) electrons. The fourth-order valence-corrected chi connectivity index (χ4v) is 4.38. The molecule has 34 heavy (non-hydrogen) atoms. The van der Waals surface area contributed by atoms with Crippen LogP contribution in [0.5, 0.6) is 0 Å². The lowest BCUT2D eigenvalue weighted by Crippen LogP contribution is -2.40. The summed E-state index contributed by atoms with van der Waals surface area (Å²) in [6, 6.07) is 4.90. The number of benzene rings is 1. The molecule has 2 atom stereocenters. The summed E-state index contributed by atoms with van der Waals surface area (Å²) in [4.78, 5) is 28.8. The summed E-state index contributed by atoms with van der Waals surface area (Å²) in [5, 5.41) is 26.3. The van der Waals surface area contributed by atoms with Crippen molar-refractivity contribution in [1.29, 1.82) is 5.26 Å². The van der Waals surface area contributed by atoms with Crippen molar-refractivity contribution in [3.8, 4) is 6.07 Å². The van der Waals surface area contributed by atoms with Gasteiger partial charge in [-0.25, -0.2) is 18.0 Å². The van der Waals surface area contributed by atoms with Gasteiger partial charge in [0.25, 0.3) is 5.91 Å². The number of aromatic nitrogens is 2. The minimum Gasteiger partial charge on any atom is -0.392 e. The highest BCUT2D eigenvalue weighted by atomic mass is 19.3. The number of fused-ring (bicyclic) bond motifs is 3. The fourth-order valence-electron chi connectivity index (χ4n) is 4.38. The van der Waals surface area contributed by atoms with Gasteiger partial charge in [0.05, 0.1) is 23.9 Å². The van der Waals surface area contributed by atoms with Crippen LogP contribution in [-0.4, -0.2) is 69.3 Å². The Balaban J connectivity index is 1.55. The van der Waals surface area contributed by atoms with Gasteiger partial charge in [-0.2, -0.15) is 10.4 Å². The quantitative estimate of drug-likeness (QED) is 0.702. The minimum absolute atomic E-state index is 0.0899. The van der Waals surface area contributed by atoms with Crippen LogP contribution in [0.4, 0.5) is 23.7 Å². The average molecular weight is 476 g/mol. The zero-order chi connectivity index (χ0) is 24.6. The number of anilines is 1. The zero-order valence-corrected chi connectivity index (χ0v) is 18.3. The Morgan fingerprint density at radius 1 is 1.38 bits per heavy atom. The van der Waals surface area contributed by atoms with Gasteiger partial charge >= 0.3 is 6.03 Å². The second-order valence-electron chi connectivity index (χ2n) is 8.50. The predicted octanol–water partition coefficient (Wildman–Crippen LogP) is 2.20. The van der Waals surface area contributed by atoms with E-state index in [0.29, 0.717) is 24.2 Å². The summed E-state index contributed by atoms with van der Waals surface area (Å²) in [7, 11) is 1.54. The standard InChI is InChI=1S/C22H23F3N6O3/c1-29-9-13(18(32)7-19(24)25)10-31-20(21(29)33)15-11-30(5-4-17(15)28-31)22(34)27-14-2-3-16(23)12(6-14)8-26/h2-3,6,13,18-19,32H,4-5,7,9-11H2,1H3,(H,27,34). The van der Waals surface area contributed by atoms with Crippen molar-refractivity contribution >= 4 is 17.6 Å². The summed E-state index contributed by atoms with van der Waals surface area (Å²) in [6.45, 7) is 0.599. The van der Waals surface area contributed by atoms with E-state index in [-0.39, 0.29) is 42.5 Å². The molecule has 2 N–H and O–H groups in total. The largest absolute Gasteiger partial charge is 0.392 e. The van der Waals surface area contributed by atoms with E-state index in [2.05, 4.69) is 10.4 Å². The number of nitrogens with zero attached hydrogens (tertiary/aromatic N) is 5. The van der Waals surface area contributed by atoms with E-state index in [4.69, 9.17) is 5.26 Å². The average Bonchev–Trinajstić information content (AvgIpc) is 3.09. The predicted molar refractivity (Wildman–Crippen MR) is 114 cm³/mol. The molecular formula is C22H23F3N6O3. The van der Waals surface area contributed by atoms with Crippen LogP contribution in [0.1, 0.15) is 33.7 Å². The molecule has 0 saturated heterocycles. The van der Waals surface area contributed by atoms with E-state index in [1.807, 2.05) is 0 Å². The number of nitriles is 1. The Morgan fingerprint density at radius 3 is 2.85 bits per heavy atom. The number of aliphatic hydroxyl groups is 1. The van der Waals surface area contributed by atoms with Crippen LogP contribution in [0.3, 0.4) is 0 Å². The molecule has 2 aliphatic heterocycles. The van der Waals surface area contributed by atoms with E-state index in [9.17, 15) is 27.9 Å². The zero-order valence-electron chi connectivity index (χ0n) is 18.3. The molecule has 1 aromatic heterocycles. The second kappa shape index (κ2) is 9.34. The van der Waals surface area contributed by atoms with Crippen LogP contribution in [-0.2, 0) is 19.5 Å². The van der Waals surface area contributed by atoms with Crippen LogP contribution in [0.25, 0.3) is 0 Å². The van der Waals surface area contributed by atoms with E-state index in [0.717, 1.165) is 6.07 Å². The van der Waals surface area contributed by atoms with Crippen LogP contribution in [0.15, 0.2) is 18.2 Å². The first-order valence-electron chi connectivity index (χ1n) is 10.7. The molecule has 1 aromatic carbocycles. The molecule has 0 spiro atoms. The van der Waals surface area contributed by atoms with Crippen molar-refractivity contribution in [2.45, 2.75) is 38.5 Å². The third-order valence-electron chi connectivity index (χ3n) is 6.16. The van der Waals surface area contributed by atoms with Gasteiger partial charge in [0, 0.05) is 56.7 Å². The van der Waals surface area contributed by atoms with Gasteiger partial charge in [0.2, 0.25) is 6.43 Å². The Hall–Kier alpha value is -3.59. The van der Waals surface area contributed by atoms with Crippen molar-refractivity contribution in [1.82, 2.24) is 19.6 Å². The van der Waals surface area contributed by atoms with Gasteiger partial charge in [-0.15, -0.1) is 0 Å². The van der Waals surface area contributed by atoms with E-state index >= 15 is 0 Å². The summed E-state index contributed by atoms with van der Waals surface area (Å²) in [5.41, 5.74) is 1.54. The summed E-state index contributed by atoms with van der Waals surface area (Å²) < 4.78 is 40.6. The first-order chi connectivity index (χ1) is 16.2. The Bertz CT molecular complexity index is 1160. The van der Waals surface area contributed by atoms with Gasteiger partial charge in [-0.1, -0.05) is 0 Å². The lowest BCUT2D eigenvalue weighted by molar-refractivity contribution is 0.0168. The first kappa shape index (κ1) is 23.6. The molecule has 12 heteroatoms. The molecule has 2 aromatic rings. The summed E-state index contributed by atoms with van der Waals surface area (Å²) >= 11 is 0. The van der Waals surface area contributed by atoms with E-state index < -0.39 is 36.7 Å². The van der Waals surface area contributed by atoms with Crippen molar-refractivity contribution in [2.24, 2.45) is 5.92 Å². The van der Waals surface area contributed by atoms with Gasteiger partial charge < -0.3 is 20.2 Å². The minimum atomic E-state index is -2.66. The monoisotopic (exact) mass is 476 g/mol. The topological polar surface area (TPSA) is 114 Å². The van der Waals surface area contributed by atoms with Crippen molar-refractivity contribution in [3.63, 3.8) is 0 Å². The summed E-state index contributed by atoms with van der Waals surface area (Å²) in [5.74, 6) is -1.66. The Labute approximate surface area is 193 Å². The molecule has 2 aliphatic rings. The lowest BCUT2D eigenvalue weighted by atomic mass is 9.99. The highest BCUT2D eigenvalue weighted by Gasteiger charge is 2.37. The molecule has 0 fully saturated rings. The maximum absolute atomic E-state index is 13.5. The molecule has 9 nitrogen and oxygen atoms in total. The smallest absolute Gasteiger partial charge is 0.322 e. The van der Waals surface area contributed by atoms with E-state index in [1.54, 1.807) is 6.07 Å². The number of nitrogens with one attached hydrogen (secondary N) is 1. The fraction of sp³-hybridized carbons (Fsp3) is 0.455.